The molecule has 0 saturated heterocycles. The van der Waals surface area contributed by atoms with Crippen molar-refractivity contribution < 1.29 is 14.3 Å². The van der Waals surface area contributed by atoms with E-state index in [4.69, 9.17) is 9.52 Å². The third-order valence-corrected chi connectivity index (χ3v) is 4.65. The number of carboxylic acid groups (broad SMARTS) is 1. The second-order valence-corrected chi connectivity index (χ2v) is 6.72. The van der Waals surface area contributed by atoms with Gasteiger partial charge in [0.2, 0.25) is 0 Å². The molecule has 0 aliphatic carbocycles. The summed E-state index contributed by atoms with van der Waals surface area (Å²) in [5.74, 6) is 0.366. The van der Waals surface area contributed by atoms with Crippen molar-refractivity contribution in [1.82, 2.24) is 9.88 Å². The SMILES string of the molecule is CC(CN(C)Cc1ccc(-c2nc3ccccc3s2)o1)C(=O)O. The van der Waals surface area contributed by atoms with Crippen molar-refractivity contribution in [3.05, 3.63) is 42.2 Å². The fraction of sp³-hybridized carbons (Fsp3) is 0.294. The van der Waals surface area contributed by atoms with Gasteiger partial charge in [0.1, 0.15) is 5.76 Å². The van der Waals surface area contributed by atoms with Gasteiger partial charge in [-0.2, -0.15) is 0 Å². The van der Waals surface area contributed by atoms with Crippen LogP contribution in [0.5, 0.6) is 0 Å². The van der Waals surface area contributed by atoms with E-state index in [9.17, 15) is 4.79 Å². The normalized spacial score (nSPS) is 12.8. The minimum atomic E-state index is -0.786. The highest BCUT2D eigenvalue weighted by Crippen LogP contribution is 2.31. The van der Waals surface area contributed by atoms with Gasteiger partial charge in [-0.05, 0) is 31.3 Å². The number of hydrogen-bond donors (Lipinski definition) is 1. The van der Waals surface area contributed by atoms with E-state index in [0.717, 1.165) is 26.7 Å². The second kappa shape index (κ2) is 6.52. The van der Waals surface area contributed by atoms with E-state index in [-0.39, 0.29) is 0 Å². The summed E-state index contributed by atoms with van der Waals surface area (Å²) in [7, 11) is 1.89. The average molecular weight is 330 g/mol. The van der Waals surface area contributed by atoms with Crippen LogP contribution < -0.4 is 0 Å². The number of aromatic nitrogens is 1. The third-order valence-electron chi connectivity index (χ3n) is 3.60. The fourth-order valence-corrected chi connectivity index (χ4v) is 3.36. The smallest absolute Gasteiger partial charge is 0.307 e. The molecule has 2 aromatic heterocycles. The van der Waals surface area contributed by atoms with Gasteiger partial charge < -0.3 is 9.52 Å². The van der Waals surface area contributed by atoms with Gasteiger partial charge in [-0.1, -0.05) is 19.1 Å². The molecule has 0 fully saturated rings. The Kier molecular flexibility index (Phi) is 4.45. The molecule has 3 rings (SSSR count). The molecule has 1 N–H and O–H groups in total. The van der Waals surface area contributed by atoms with Crippen LogP contribution >= 0.6 is 11.3 Å². The van der Waals surface area contributed by atoms with Crippen molar-refractivity contribution >= 4 is 27.5 Å². The van der Waals surface area contributed by atoms with Crippen LogP contribution in [0.4, 0.5) is 0 Å². The fourth-order valence-electron chi connectivity index (χ4n) is 2.43. The first-order chi connectivity index (χ1) is 11.0. The summed E-state index contributed by atoms with van der Waals surface area (Å²) >= 11 is 1.60. The van der Waals surface area contributed by atoms with Crippen LogP contribution in [0.15, 0.2) is 40.8 Å². The first-order valence-corrected chi connectivity index (χ1v) is 8.20. The Morgan fingerprint density at radius 2 is 2.13 bits per heavy atom. The summed E-state index contributed by atoms with van der Waals surface area (Å²) in [6, 6.07) is 11.8. The first-order valence-electron chi connectivity index (χ1n) is 7.39. The number of nitrogens with zero attached hydrogens (tertiary/aromatic N) is 2. The van der Waals surface area contributed by atoms with Gasteiger partial charge in [-0.25, -0.2) is 4.98 Å². The number of carboxylic acids is 1. The van der Waals surface area contributed by atoms with Gasteiger partial charge in [0.05, 0.1) is 22.7 Å². The van der Waals surface area contributed by atoms with Crippen LogP contribution in [0.25, 0.3) is 21.0 Å². The van der Waals surface area contributed by atoms with Crippen molar-refractivity contribution in [3.63, 3.8) is 0 Å². The summed E-state index contributed by atoms with van der Waals surface area (Å²) in [5.41, 5.74) is 0.970. The second-order valence-electron chi connectivity index (χ2n) is 5.69. The van der Waals surface area contributed by atoms with Gasteiger partial charge in [0.15, 0.2) is 10.8 Å². The summed E-state index contributed by atoms with van der Waals surface area (Å²) < 4.78 is 7.00. The number of benzene rings is 1. The number of para-hydroxylation sites is 1. The Bertz CT molecular complexity index is 791. The molecule has 23 heavy (non-hydrogen) atoms. The highest BCUT2D eigenvalue weighted by atomic mass is 32.1. The van der Waals surface area contributed by atoms with E-state index >= 15 is 0 Å². The predicted molar refractivity (Wildman–Crippen MR) is 90.5 cm³/mol. The monoisotopic (exact) mass is 330 g/mol. The molecule has 0 spiro atoms. The van der Waals surface area contributed by atoms with Gasteiger partial charge in [-0.15, -0.1) is 11.3 Å². The molecular formula is C17H18N2O3S. The van der Waals surface area contributed by atoms with E-state index in [1.807, 2.05) is 48.3 Å². The van der Waals surface area contributed by atoms with Crippen molar-refractivity contribution in [2.24, 2.45) is 5.92 Å². The number of rotatable bonds is 6. The minimum absolute atomic E-state index is 0.404. The molecule has 1 atom stereocenters. The molecule has 1 aromatic carbocycles. The van der Waals surface area contributed by atoms with E-state index in [1.54, 1.807) is 18.3 Å². The summed E-state index contributed by atoms with van der Waals surface area (Å²) in [6.45, 7) is 2.75. The summed E-state index contributed by atoms with van der Waals surface area (Å²) in [4.78, 5) is 17.4. The molecule has 0 bridgehead atoms. The van der Waals surface area contributed by atoms with Gasteiger partial charge in [-0.3, -0.25) is 9.69 Å². The van der Waals surface area contributed by atoms with Crippen molar-refractivity contribution in [1.29, 1.82) is 0 Å². The maximum absolute atomic E-state index is 10.9. The number of fused-ring (bicyclic) bond motifs is 1. The van der Waals surface area contributed by atoms with E-state index in [1.165, 1.54) is 0 Å². The zero-order chi connectivity index (χ0) is 16.4. The lowest BCUT2D eigenvalue weighted by Gasteiger charge is -2.17. The standard InChI is InChI=1S/C17H18N2O3S/c1-11(17(20)21)9-19(2)10-12-7-8-14(22-12)16-18-13-5-3-4-6-15(13)23-16/h3-8,11H,9-10H2,1-2H3,(H,20,21). The zero-order valence-electron chi connectivity index (χ0n) is 13.0. The molecule has 6 heteroatoms. The average Bonchev–Trinajstić information content (AvgIpc) is 3.12. The van der Waals surface area contributed by atoms with E-state index in [0.29, 0.717) is 13.1 Å². The predicted octanol–water partition coefficient (Wildman–Crippen LogP) is 3.71. The zero-order valence-corrected chi connectivity index (χ0v) is 13.8. The molecule has 0 aliphatic heterocycles. The summed E-state index contributed by atoms with van der Waals surface area (Å²) in [5, 5.41) is 9.82. The van der Waals surface area contributed by atoms with Crippen LogP contribution in [0.3, 0.4) is 0 Å². The number of aliphatic carboxylic acids is 1. The largest absolute Gasteiger partial charge is 0.481 e. The molecule has 2 heterocycles. The first kappa shape index (κ1) is 15.7. The van der Waals surface area contributed by atoms with E-state index in [2.05, 4.69) is 4.98 Å². The lowest BCUT2D eigenvalue weighted by molar-refractivity contribution is -0.141. The Morgan fingerprint density at radius 1 is 1.35 bits per heavy atom. The highest BCUT2D eigenvalue weighted by Gasteiger charge is 2.15. The summed E-state index contributed by atoms with van der Waals surface area (Å²) in [6.07, 6.45) is 0. The number of thiazole rings is 1. The molecular weight excluding hydrogens is 312 g/mol. The van der Waals surface area contributed by atoms with Gasteiger partial charge in [0.25, 0.3) is 0 Å². The van der Waals surface area contributed by atoms with Crippen molar-refractivity contribution in [2.45, 2.75) is 13.5 Å². The molecule has 0 radical (unpaired) electrons. The maximum Gasteiger partial charge on any atom is 0.307 e. The molecule has 1 unspecified atom stereocenters. The Balaban J connectivity index is 1.71. The molecule has 3 aromatic rings. The van der Waals surface area contributed by atoms with E-state index < -0.39 is 11.9 Å². The van der Waals surface area contributed by atoms with Crippen LogP contribution in [-0.2, 0) is 11.3 Å². The van der Waals surface area contributed by atoms with Crippen LogP contribution in [0.1, 0.15) is 12.7 Å². The van der Waals surface area contributed by atoms with Crippen LogP contribution in [-0.4, -0.2) is 34.6 Å². The third kappa shape index (κ3) is 3.60. The molecule has 5 nitrogen and oxygen atoms in total. The van der Waals surface area contributed by atoms with Gasteiger partial charge in [0, 0.05) is 6.54 Å². The lowest BCUT2D eigenvalue weighted by Crippen LogP contribution is -2.28. The number of furan rings is 1. The number of carbonyl (C=O) groups is 1. The molecule has 0 aliphatic rings. The van der Waals surface area contributed by atoms with Gasteiger partial charge >= 0.3 is 5.97 Å². The quantitative estimate of drug-likeness (QED) is 0.746. The highest BCUT2D eigenvalue weighted by molar-refractivity contribution is 7.21. The van der Waals surface area contributed by atoms with Crippen LogP contribution in [0.2, 0.25) is 0 Å². The molecule has 0 saturated carbocycles. The number of hydrogen-bond acceptors (Lipinski definition) is 5. The minimum Gasteiger partial charge on any atom is -0.481 e. The van der Waals surface area contributed by atoms with Crippen molar-refractivity contribution in [2.75, 3.05) is 13.6 Å². The lowest BCUT2D eigenvalue weighted by atomic mass is 10.2. The van der Waals surface area contributed by atoms with Crippen molar-refractivity contribution in [3.8, 4) is 10.8 Å². The molecule has 0 amide bonds. The topological polar surface area (TPSA) is 66.6 Å². The Morgan fingerprint density at radius 3 is 2.87 bits per heavy atom. The molecule has 120 valence electrons. The Labute approximate surface area is 138 Å². The maximum atomic E-state index is 10.9. The Hall–Kier alpha value is -2.18. The van der Waals surface area contributed by atoms with Crippen LogP contribution in [0, 0.1) is 5.92 Å².